The number of para-hydroxylation sites is 2. The number of hydrogen-bond donors (Lipinski definition) is 3. The lowest BCUT2D eigenvalue weighted by molar-refractivity contribution is -0.156. The summed E-state index contributed by atoms with van der Waals surface area (Å²) in [6.07, 6.45) is 2.34. The number of nitrogens with one attached hydrogen (secondary N) is 3. The summed E-state index contributed by atoms with van der Waals surface area (Å²) in [5, 5.41) is 11.0. The van der Waals surface area contributed by atoms with Gasteiger partial charge in [0.15, 0.2) is 0 Å². The predicted molar refractivity (Wildman–Crippen MR) is 341 cm³/mol. The minimum atomic E-state index is -0.582. The van der Waals surface area contributed by atoms with Crippen molar-refractivity contribution in [1.29, 1.82) is 0 Å². The fraction of sp³-hybridized carbons (Fsp3) is 0.530. The summed E-state index contributed by atoms with van der Waals surface area (Å²) in [7, 11) is 7.71. The van der Waals surface area contributed by atoms with E-state index in [0.29, 0.717) is 113 Å². The van der Waals surface area contributed by atoms with Gasteiger partial charge in [-0.1, -0.05) is 99.4 Å². The molecule has 480 valence electrons. The lowest BCUT2D eigenvalue weighted by Crippen LogP contribution is -2.55. The van der Waals surface area contributed by atoms with Gasteiger partial charge in [-0.3, -0.25) is 33.6 Å². The number of halogens is 4. The Morgan fingerprint density at radius 3 is 1.35 bits per heavy atom. The highest BCUT2D eigenvalue weighted by atomic mass is 35.5. The van der Waals surface area contributed by atoms with E-state index < -0.39 is 18.0 Å². The van der Waals surface area contributed by atoms with Gasteiger partial charge in [0.2, 0.25) is 29.5 Å². The lowest BCUT2D eigenvalue weighted by Gasteiger charge is -2.40. The molecule has 3 N–H and O–H groups in total. The quantitative estimate of drug-likeness (QED) is 0.0637. The Bertz CT molecular complexity index is 3000. The molecule has 0 saturated carbocycles. The molecule has 22 heteroatoms. The van der Waals surface area contributed by atoms with E-state index >= 15 is 8.78 Å². The van der Waals surface area contributed by atoms with Gasteiger partial charge in [-0.2, -0.15) is 0 Å². The molecule has 6 atom stereocenters. The molecule has 4 unspecified atom stereocenters. The van der Waals surface area contributed by atoms with Gasteiger partial charge in [0.25, 0.3) is 0 Å². The molecular weight excluding hydrogens is 1170 g/mol. The molecule has 0 aliphatic carbocycles. The van der Waals surface area contributed by atoms with Crippen LogP contribution < -0.4 is 25.8 Å². The van der Waals surface area contributed by atoms with Gasteiger partial charge >= 0.3 is 11.9 Å². The Morgan fingerprint density at radius 1 is 0.568 bits per heavy atom. The molecule has 0 spiro atoms. The largest absolute Gasteiger partial charge is 0.394 e. The summed E-state index contributed by atoms with van der Waals surface area (Å²) in [5.41, 5.74) is 4.62. The number of likely N-dealkylation sites (tertiary alicyclic amines) is 1. The Hall–Kier alpha value is -6.71. The van der Waals surface area contributed by atoms with Crippen LogP contribution in [-0.4, -0.2) is 185 Å². The van der Waals surface area contributed by atoms with E-state index in [4.69, 9.17) is 23.2 Å². The number of anilines is 2. The summed E-state index contributed by atoms with van der Waals surface area (Å²) in [6, 6.07) is 23.8. The van der Waals surface area contributed by atoms with Crippen LogP contribution in [0.5, 0.6) is 0 Å². The first-order valence-electron chi connectivity index (χ1n) is 30.5. The molecule has 0 radical (unpaired) electrons. The Kier molecular flexibility index (Phi) is 26.6. The van der Waals surface area contributed by atoms with Gasteiger partial charge in [0.1, 0.15) is 17.7 Å². The first-order chi connectivity index (χ1) is 41.7. The van der Waals surface area contributed by atoms with E-state index in [9.17, 15) is 33.6 Å². The van der Waals surface area contributed by atoms with E-state index in [1.807, 2.05) is 141 Å². The summed E-state index contributed by atoms with van der Waals surface area (Å²) in [4.78, 5) is 98.4. The number of piperazine rings is 2. The molecule has 5 amide bonds. The van der Waals surface area contributed by atoms with Crippen LogP contribution in [0.4, 0.5) is 20.2 Å². The van der Waals surface area contributed by atoms with Crippen LogP contribution in [0.3, 0.4) is 0 Å². The number of hydrogen-bond acceptors (Lipinski definition) is 13. The van der Waals surface area contributed by atoms with Crippen LogP contribution in [0.25, 0.3) is 0 Å². The van der Waals surface area contributed by atoms with Gasteiger partial charge in [0.05, 0.1) is 29.5 Å². The number of amides is 5. The van der Waals surface area contributed by atoms with Crippen molar-refractivity contribution in [2.24, 2.45) is 11.8 Å². The fourth-order valence-corrected chi connectivity index (χ4v) is 12.3. The first kappa shape index (κ1) is 70.4. The molecule has 88 heavy (non-hydrogen) atoms. The SMILES string of the molecule is CC(=O)N1CCC(c2ccc(Cl)cc2)C1C(=O)N1CCN(c2c(F)cccc2[C@@H](NC(=O)CCN(C)C)C(C)C)CC1.CC(=O)OC(C)=O.CC(C)[C@H](NC(=O)CCN(C)C)c1cccc(F)c1N1CCN(C(=O)C2NCCC2c2ccc(Cl)cc2)CC1. The number of benzene rings is 4. The minimum absolute atomic E-state index is 0.0430. The standard InChI is InChI=1S/C32H43ClFN5O3.C30H41ClFN5O2.C4H6O3/c1-21(2)29(35-28(41)14-15-36(4)5)26-7-6-8-27(34)30(26)37-17-19-38(20-18-37)32(42)31-25(13-16-39(31)22(3)40)23-9-11-24(33)12-10-23;1-20(2)27(34-26(38)13-15-35(3)4)24-6-5-7-25(32)29(24)36-16-18-37(19-17-36)30(39)28-23(12-14-33-28)21-8-10-22(31)11-9-21;1-3(5)7-4(2)6/h6-12,21,25,29,31H,13-20H2,1-5H3,(H,35,41);5-11,20,23,27-28,33H,12-19H2,1-4H3,(H,34,38);1-2H3/t25?,29-,31?;23?,27-,28?;/m00./s1. The molecule has 0 aromatic heterocycles. The highest BCUT2D eigenvalue weighted by molar-refractivity contribution is 6.30. The van der Waals surface area contributed by atoms with Crippen LogP contribution in [0.2, 0.25) is 10.0 Å². The molecule has 4 aromatic rings. The average Bonchev–Trinajstić information content (AvgIpc) is 2.58. The van der Waals surface area contributed by atoms with Crippen molar-refractivity contribution in [3.8, 4) is 0 Å². The van der Waals surface area contributed by atoms with Gasteiger partial charge in [-0.15, -0.1) is 0 Å². The van der Waals surface area contributed by atoms with Crippen molar-refractivity contribution in [2.45, 2.75) is 110 Å². The van der Waals surface area contributed by atoms with Crippen molar-refractivity contribution in [2.75, 3.05) is 117 Å². The lowest BCUT2D eigenvalue weighted by atomic mass is 9.90. The number of nitrogens with zero attached hydrogens (tertiary/aromatic N) is 7. The number of esters is 2. The molecule has 8 rings (SSSR count). The average molecular weight is 1260 g/mol. The maximum absolute atomic E-state index is 15.5. The number of carbonyl (C=O) groups excluding carboxylic acids is 7. The molecule has 4 aromatic carbocycles. The molecule has 4 fully saturated rings. The van der Waals surface area contributed by atoms with E-state index in [2.05, 4.69) is 20.7 Å². The maximum Gasteiger partial charge on any atom is 0.310 e. The third-order valence-corrected chi connectivity index (χ3v) is 17.0. The molecule has 18 nitrogen and oxygen atoms in total. The Balaban J connectivity index is 0.000000254. The fourth-order valence-electron chi connectivity index (χ4n) is 12.0. The summed E-state index contributed by atoms with van der Waals surface area (Å²) in [5.74, 6) is -1.89. The second-order valence-electron chi connectivity index (χ2n) is 24.2. The number of carbonyl (C=O) groups is 7. The highest BCUT2D eigenvalue weighted by Gasteiger charge is 2.44. The van der Waals surface area contributed by atoms with Crippen LogP contribution in [0.15, 0.2) is 84.9 Å². The van der Waals surface area contributed by atoms with Gasteiger partial charge < -0.3 is 55.0 Å². The van der Waals surface area contributed by atoms with Crippen molar-refractivity contribution < 1.29 is 47.1 Å². The van der Waals surface area contributed by atoms with Crippen molar-refractivity contribution in [3.05, 3.63) is 129 Å². The normalized spacial score (nSPS) is 19.2. The molecule has 4 aliphatic rings. The third kappa shape index (κ3) is 19.4. The zero-order chi connectivity index (χ0) is 64.5. The third-order valence-electron chi connectivity index (χ3n) is 16.5. The van der Waals surface area contributed by atoms with E-state index in [0.717, 1.165) is 35.2 Å². The summed E-state index contributed by atoms with van der Waals surface area (Å²) < 4.78 is 34.8. The van der Waals surface area contributed by atoms with Crippen molar-refractivity contribution in [1.82, 2.24) is 40.4 Å². The zero-order valence-corrected chi connectivity index (χ0v) is 54.4. The van der Waals surface area contributed by atoms with E-state index in [-0.39, 0.29) is 83.0 Å². The second-order valence-corrected chi connectivity index (χ2v) is 25.1. The van der Waals surface area contributed by atoms with Crippen molar-refractivity contribution in [3.63, 3.8) is 0 Å². The smallest absolute Gasteiger partial charge is 0.310 e. The Labute approximate surface area is 528 Å². The van der Waals surface area contributed by atoms with E-state index in [1.54, 1.807) is 21.9 Å². The molecule has 4 aliphatic heterocycles. The second kappa shape index (κ2) is 33.2. The maximum atomic E-state index is 15.5. The van der Waals surface area contributed by atoms with Gasteiger partial charge in [0, 0.05) is 139 Å². The topological polar surface area (TPSA) is 187 Å². The number of ether oxygens (including phenoxy) is 1. The minimum Gasteiger partial charge on any atom is -0.394 e. The Morgan fingerprint density at radius 2 is 0.977 bits per heavy atom. The number of rotatable bonds is 18. The van der Waals surface area contributed by atoms with Crippen LogP contribution in [0.1, 0.15) is 120 Å². The van der Waals surface area contributed by atoms with Crippen LogP contribution >= 0.6 is 23.2 Å². The molecule has 4 saturated heterocycles. The van der Waals surface area contributed by atoms with Crippen molar-refractivity contribution >= 4 is 76.1 Å². The highest BCUT2D eigenvalue weighted by Crippen LogP contribution is 2.39. The van der Waals surface area contributed by atoms with Crippen LogP contribution in [0, 0.1) is 23.5 Å². The summed E-state index contributed by atoms with van der Waals surface area (Å²) in [6.45, 7) is 18.3. The zero-order valence-electron chi connectivity index (χ0n) is 52.9. The molecule has 4 heterocycles. The predicted octanol–water partition coefficient (Wildman–Crippen LogP) is 8.43. The molecular formula is C66H90Cl2F2N10O8. The summed E-state index contributed by atoms with van der Waals surface area (Å²) >= 11 is 12.2. The monoisotopic (exact) mass is 1260 g/mol. The molecule has 0 bridgehead atoms. The van der Waals surface area contributed by atoms with E-state index in [1.165, 1.54) is 32.9 Å². The van der Waals surface area contributed by atoms with Gasteiger partial charge in [-0.25, -0.2) is 8.78 Å². The van der Waals surface area contributed by atoms with Crippen LogP contribution in [-0.2, 0) is 38.3 Å². The van der Waals surface area contributed by atoms with Gasteiger partial charge in [-0.05, 0) is 107 Å². The first-order valence-corrected chi connectivity index (χ1v) is 31.2.